The highest BCUT2D eigenvalue weighted by Gasteiger charge is 2.30. The Morgan fingerprint density at radius 3 is 2.82 bits per heavy atom. The topological polar surface area (TPSA) is 68.5 Å². The van der Waals surface area contributed by atoms with Crippen molar-refractivity contribution < 1.29 is 18.4 Å². The predicted molar refractivity (Wildman–Crippen MR) is 102 cm³/mol. The molecule has 0 spiro atoms. The molecule has 0 radical (unpaired) electrons. The number of carbonyl (C=O) groups excluding carboxylic acids is 1. The van der Waals surface area contributed by atoms with Crippen LogP contribution in [-0.4, -0.2) is 22.7 Å². The number of carbonyl (C=O) groups is 1. The van der Waals surface area contributed by atoms with E-state index in [1.54, 1.807) is 17.2 Å². The standard InChI is InChI=1S/C21H20FN3O3/c1-4-27-20-6-5-15(22)8-16(20)14-7-19-18(23-10-14)9-21(26)25(19)11-17-12(2)24-28-13(17)3/h5-8,10H,4,9,11H2,1-3H3. The Morgan fingerprint density at radius 1 is 1.29 bits per heavy atom. The molecule has 0 saturated carbocycles. The maximum absolute atomic E-state index is 13.9. The van der Waals surface area contributed by atoms with Crippen molar-refractivity contribution >= 4 is 11.6 Å². The summed E-state index contributed by atoms with van der Waals surface area (Å²) in [7, 11) is 0. The van der Waals surface area contributed by atoms with E-state index in [9.17, 15) is 9.18 Å². The van der Waals surface area contributed by atoms with Gasteiger partial charge in [-0.25, -0.2) is 4.39 Å². The quantitative estimate of drug-likeness (QED) is 0.669. The first kappa shape index (κ1) is 18.2. The molecular weight excluding hydrogens is 361 g/mol. The van der Waals surface area contributed by atoms with Gasteiger partial charge in [-0.3, -0.25) is 9.78 Å². The molecule has 0 saturated heterocycles. The van der Waals surface area contributed by atoms with Gasteiger partial charge in [-0.2, -0.15) is 0 Å². The van der Waals surface area contributed by atoms with Crippen LogP contribution in [0.2, 0.25) is 0 Å². The van der Waals surface area contributed by atoms with Gasteiger partial charge in [0.2, 0.25) is 5.91 Å². The molecule has 0 unspecified atom stereocenters. The van der Waals surface area contributed by atoms with E-state index in [1.807, 2.05) is 26.8 Å². The van der Waals surface area contributed by atoms with E-state index in [0.29, 0.717) is 47.2 Å². The van der Waals surface area contributed by atoms with Crippen molar-refractivity contribution in [3.8, 4) is 16.9 Å². The number of pyridine rings is 1. The maximum atomic E-state index is 13.9. The summed E-state index contributed by atoms with van der Waals surface area (Å²) >= 11 is 0. The van der Waals surface area contributed by atoms with E-state index in [4.69, 9.17) is 9.26 Å². The normalized spacial score (nSPS) is 13.1. The Labute approximate surface area is 161 Å². The fraction of sp³-hybridized carbons (Fsp3) is 0.286. The van der Waals surface area contributed by atoms with Gasteiger partial charge in [0.15, 0.2) is 0 Å². The monoisotopic (exact) mass is 381 g/mol. The molecule has 1 amide bonds. The van der Waals surface area contributed by atoms with Gasteiger partial charge in [0.25, 0.3) is 0 Å². The molecule has 1 aliphatic heterocycles. The van der Waals surface area contributed by atoms with Crippen LogP contribution >= 0.6 is 0 Å². The van der Waals surface area contributed by atoms with E-state index in [1.165, 1.54) is 12.1 Å². The molecule has 28 heavy (non-hydrogen) atoms. The van der Waals surface area contributed by atoms with Crippen molar-refractivity contribution in [2.45, 2.75) is 33.7 Å². The zero-order chi connectivity index (χ0) is 19.8. The summed E-state index contributed by atoms with van der Waals surface area (Å²) in [5.41, 5.74) is 4.36. The van der Waals surface area contributed by atoms with E-state index in [0.717, 1.165) is 11.3 Å². The van der Waals surface area contributed by atoms with Gasteiger partial charge in [0.05, 0.1) is 36.6 Å². The van der Waals surface area contributed by atoms with Gasteiger partial charge in [-0.05, 0) is 45.0 Å². The average Bonchev–Trinajstić information content (AvgIpc) is 3.16. The molecule has 0 atom stereocenters. The fourth-order valence-corrected chi connectivity index (χ4v) is 3.44. The fourth-order valence-electron chi connectivity index (χ4n) is 3.44. The summed E-state index contributed by atoms with van der Waals surface area (Å²) in [6.45, 7) is 6.38. The van der Waals surface area contributed by atoms with E-state index in [-0.39, 0.29) is 18.1 Å². The Morgan fingerprint density at radius 2 is 2.11 bits per heavy atom. The predicted octanol–water partition coefficient (Wildman–Crippen LogP) is 3.98. The number of aryl methyl sites for hydroxylation is 2. The number of anilines is 1. The third-order valence-corrected chi connectivity index (χ3v) is 4.91. The second-order valence-corrected chi connectivity index (χ2v) is 6.72. The lowest BCUT2D eigenvalue weighted by Gasteiger charge is -2.18. The van der Waals surface area contributed by atoms with Gasteiger partial charge >= 0.3 is 0 Å². The number of hydrogen-bond donors (Lipinski definition) is 0. The van der Waals surface area contributed by atoms with Gasteiger partial charge in [0.1, 0.15) is 17.3 Å². The molecule has 144 valence electrons. The number of halogens is 1. The van der Waals surface area contributed by atoms with Crippen LogP contribution < -0.4 is 9.64 Å². The van der Waals surface area contributed by atoms with Crippen LogP contribution in [0.1, 0.15) is 29.6 Å². The molecule has 6 nitrogen and oxygen atoms in total. The minimum absolute atomic E-state index is 0.0380. The van der Waals surface area contributed by atoms with E-state index < -0.39 is 0 Å². The van der Waals surface area contributed by atoms with Crippen molar-refractivity contribution in [1.82, 2.24) is 10.1 Å². The molecule has 2 aromatic heterocycles. The lowest BCUT2D eigenvalue weighted by molar-refractivity contribution is -0.117. The molecule has 3 aromatic rings. The first-order valence-electron chi connectivity index (χ1n) is 9.11. The number of hydrogen-bond acceptors (Lipinski definition) is 5. The Kier molecular flexibility index (Phi) is 4.58. The van der Waals surface area contributed by atoms with Crippen LogP contribution in [0.3, 0.4) is 0 Å². The zero-order valence-corrected chi connectivity index (χ0v) is 16.0. The summed E-state index contributed by atoms with van der Waals surface area (Å²) in [6.07, 6.45) is 1.89. The highest BCUT2D eigenvalue weighted by Crippen LogP contribution is 2.37. The van der Waals surface area contributed by atoms with Crippen molar-refractivity contribution in [2.75, 3.05) is 11.5 Å². The Balaban J connectivity index is 1.75. The number of nitrogens with zero attached hydrogens (tertiary/aromatic N) is 3. The SMILES string of the molecule is CCOc1ccc(F)cc1-c1cnc2c(c1)N(Cc1c(C)noc1C)C(=O)C2. The highest BCUT2D eigenvalue weighted by atomic mass is 19.1. The first-order valence-corrected chi connectivity index (χ1v) is 9.11. The number of amides is 1. The van der Waals surface area contributed by atoms with Gasteiger partial charge in [-0.15, -0.1) is 0 Å². The molecule has 0 bridgehead atoms. The number of ether oxygens (including phenoxy) is 1. The third kappa shape index (κ3) is 3.13. The largest absolute Gasteiger partial charge is 0.493 e. The van der Waals surface area contributed by atoms with Crippen LogP contribution in [0.4, 0.5) is 10.1 Å². The maximum Gasteiger partial charge on any atom is 0.233 e. The molecule has 0 fully saturated rings. The molecule has 0 N–H and O–H groups in total. The minimum atomic E-state index is -0.359. The molecule has 3 heterocycles. The minimum Gasteiger partial charge on any atom is -0.493 e. The van der Waals surface area contributed by atoms with Crippen LogP contribution in [0, 0.1) is 19.7 Å². The Bertz CT molecular complexity index is 1040. The molecular formula is C21H20FN3O3. The van der Waals surface area contributed by atoms with Crippen LogP contribution in [-0.2, 0) is 17.8 Å². The lowest BCUT2D eigenvalue weighted by Crippen LogP contribution is -2.26. The van der Waals surface area contributed by atoms with Crippen molar-refractivity contribution in [3.63, 3.8) is 0 Å². The van der Waals surface area contributed by atoms with Crippen LogP contribution in [0.5, 0.6) is 5.75 Å². The van der Waals surface area contributed by atoms with Crippen molar-refractivity contribution in [3.05, 3.63) is 59.0 Å². The zero-order valence-electron chi connectivity index (χ0n) is 16.0. The second-order valence-electron chi connectivity index (χ2n) is 6.72. The average molecular weight is 381 g/mol. The number of rotatable bonds is 5. The van der Waals surface area contributed by atoms with Crippen molar-refractivity contribution in [2.24, 2.45) is 0 Å². The van der Waals surface area contributed by atoms with E-state index >= 15 is 0 Å². The molecule has 4 rings (SSSR count). The molecule has 0 aliphatic carbocycles. The van der Waals surface area contributed by atoms with Gasteiger partial charge in [-0.1, -0.05) is 5.16 Å². The summed E-state index contributed by atoms with van der Waals surface area (Å²) in [4.78, 5) is 18.7. The summed E-state index contributed by atoms with van der Waals surface area (Å²) in [5.74, 6) is 0.866. The second kappa shape index (κ2) is 7.07. The van der Waals surface area contributed by atoms with Gasteiger partial charge in [0, 0.05) is 22.9 Å². The van der Waals surface area contributed by atoms with Gasteiger partial charge < -0.3 is 14.2 Å². The van der Waals surface area contributed by atoms with Crippen LogP contribution in [0.15, 0.2) is 35.0 Å². The smallest absolute Gasteiger partial charge is 0.233 e. The summed E-state index contributed by atoms with van der Waals surface area (Å²) in [5, 5.41) is 3.96. The number of aromatic nitrogens is 2. The third-order valence-electron chi connectivity index (χ3n) is 4.91. The first-order chi connectivity index (χ1) is 13.5. The molecule has 1 aromatic carbocycles. The number of benzene rings is 1. The highest BCUT2D eigenvalue weighted by molar-refractivity contribution is 6.01. The summed E-state index contributed by atoms with van der Waals surface area (Å²) in [6, 6.07) is 6.25. The summed E-state index contributed by atoms with van der Waals surface area (Å²) < 4.78 is 24.7. The Hall–Kier alpha value is -3.22. The van der Waals surface area contributed by atoms with E-state index in [2.05, 4.69) is 10.1 Å². The van der Waals surface area contributed by atoms with Crippen LogP contribution in [0.25, 0.3) is 11.1 Å². The van der Waals surface area contributed by atoms with Crippen molar-refractivity contribution in [1.29, 1.82) is 0 Å². The lowest BCUT2D eigenvalue weighted by atomic mass is 10.0. The number of fused-ring (bicyclic) bond motifs is 1. The molecule has 1 aliphatic rings. The molecule has 7 heteroatoms.